The molecule has 7 nitrogen and oxygen atoms in total. The summed E-state index contributed by atoms with van der Waals surface area (Å²) in [5.74, 6) is -3.25. The van der Waals surface area contributed by atoms with E-state index in [1.165, 1.54) is 0 Å². The standard InChI is InChI=1S/C6H10N2O5/c7-4(6(11)12)2-1-3(9)8(13)5(2)10/h2-4,9,13H,1,7H2,(H,11,12)/t2-,3?,4+/m1/s1. The van der Waals surface area contributed by atoms with Crippen LogP contribution in [0.1, 0.15) is 6.42 Å². The minimum absolute atomic E-state index is 0.105. The van der Waals surface area contributed by atoms with Gasteiger partial charge in [-0.15, -0.1) is 0 Å². The predicted octanol–water partition coefficient (Wildman–Crippen LogP) is -2.05. The number of carbonyl (C=O) groups excluding carboxylic acids is 1. The first-order valence-corrected chi connectivity index (χ1v) is 3.63. The van der Waals surface area contributed by atoms with Crippen molar-refractivity contribution in [1.82, 2.24) is 5.06 Å². The summed E-state index contributed by atoms with van der Waals surface area (Å²) >= 11 is 0. The largest absolute Gasteiger partial charge is 0.480 e. The number of nitrogens with zero attached hydrogens (tertiary/aromatic N) is 1. The lowest BCUT2D eigenvalue weighted by Gasteiger charge is -2.12. The Labute approximate surface area is 73.3 Å². The van der Waals surface area contributed by atoms with E-state index < -0.39 is 30.1 Å². The summed E-state index contributed by atoms with van der Waals surface area (Å²) in [6.07, 6.45) is -1.52. The second-order valence-corrected chi connectivity index (χ2v) is 2.87. The molecule has 13 heavy (non-hydrogen) atoms. The molecule has 0 radical (unpaired) electrons. The maximum absolute atomic E-state index is 11.0. The average Bonchev–Trinajstić information content (AvgIpc) is 2.31. The van der Waals surface area contributed by atoms with Crippen molar-refractivity contribution < 1.29 is 25.0 Å². The molecule has 0 aliphatic carbocycles. The second kappa shape index (κ2) is 3.29. The molecule has 0 aromatic heterocycles. The van der Waals surface area contributed by atoms with Gasteiger partial charge in [-0.2, -0.15) is 5.06 Å². The van der Waals surface area contributed by atoms with Crippen molar-refractivity contribution in [3.8, 4) is 0 Å². The van der Waals surface area contributed by atoms with Crippen LogP contribution in [0.25, 0.3) is 0 Å². The minimum Gasteiger partial charge on any atom is -0.480 e. The summed E-state index contributed by atoms with van der Waals surface area (Å²) in [7, 11) is 0. The number of amides is 1. The maximum Gasteiger partial charge on any atom is 0.321 e. The summed E-state index contributed by atoms with van der Waals surface area (Å²) < 4.78 is 0. The molecule has 1 rings (SSSR count). The number of carboxylic acids is 1. The van der Waals surface area contributed by atoms with E-state index >= 15 is 0 Å². The van der Waals surface area contributed by atoms with Crippen LogP contribution in [0.4, 0.5) is 0 Å². The Morgan fingerprint density at radius 3 is 2.54 bits per heavy atom. The molecule has 0 saturated carbocycles. The van der Waals surface area contributed by atoms with Crippen LogP contribution in [0.3, 0.4) is 0 Å². The van der Waals surface area contributed by atoms with E-state index in [1.54, 1.807) is 0 Å². The molecule has 1 fully saturated rings. The molecule has 0 bridgehead atoms. The topological polar surface area (TPSA) is 124 Å². The third-order valence-corrected chi connectivity index (χ3v) is 2.01. The van der Waals surface area contributed by atoms with Gasteiger partial charge in [0.15, 0.2) is 6.23 Å². The van der Waals surface area contributed by atoms with E-state index in [4.69, 9.17) is 21.2 Å². The molecule has 74 valence electrons. The van der Waals surface area contributed by atoms with E-state index in [9.17, 15) is 9.59 Å². The Bertz CT molecular complexity index is 243. The molecule has 7 heteroatoms. The SMILES string of the molecule is N[C@H](C(=O)O)[C@H]1CC(O)N(O)C1=O. The average molecular weight is 190 g/mol. The summed E-state index contributed by atoms with van der Waals surface area (Å²) in [6.45, 7) is 0. The molecular weight excluding hydrogens is 180 g/mol. The van der Waals surface area contributed by atoms with Crippen LogP contribution in [0.2, 0.25) is 0 Å². The van der Waals surface area contributed by atoms with Gasteiger partial charge in [0, 0.05) is 6.42 Å². The fraction of sp³-hybridized carbons (Fsp3) is 0.667. The first-order chi connectivity index (χ1) is 5.95. The van der Waals surface area contributed by atoms with Gasteiger partial charge in [-0.05, 0) is 0 Å². The minimum atomic E-state index is -1.39. The van der Waals surface area contributed by atoms with Crippen molar-refractivity contribution in [2.75, 3.05) is 0 Å². The van der Waals surface area contributed by atoms with Crippen LogP contribution in [0.5, 0.6) is 0 Å². The lowest BCUT2D eigenvalue weighted by molar-refractivity contribution is -0.191. The van der Waals surface area contributed by atoms with E-state index in [-0.39, 0.29) is 11.5 Å². The highest BCUT2D eigenvalue weighted by atomic mass is 16.5. The number of hydrogen-bond acceptors (Lipinski definition) is 5. The first-order valence-electron chi connectivity index (χ1n) is 3.63. The summed E-state index contributed by atoms with van der Waals surface area (Å²) in [5.41, 5.74) is 5.17. The zero-order chi connectivity index (χ0) is 10.2. The van der Waals surface area contributed by atoms with E-state index in [0.717, 1.165) is 0 Å². The second-order valence-electron chi connectivity index (χ2n) is 2.87. The Morgan fingerprint density at radius 1 is 1.69 bits per heavy atom. The van der Waals surface area contributed by atoms with Gasteiger partial charge in [0.1, 0.15) is 6.04 Å². The number of rotatable bonds is 2. The van der Waals surface area contributed by atoms with Gasteiger partial charge in [-0.25, -0.2) is 0 Å². The Kier molecular flexibility index (Phi) is 2.50. The molecule has 3 atom stereocenters. The van der Waals surface area contributed by atoms with Crippen molar-refractivity contribution in [3.05, 3.63) is 0 Å². The van der Waals surface area contributed by atoms with E-state index in [0.29, 0.717) is 0 Å². The highest BCUT2D eigenvalue weighted by Crippen LogP contribution is 2.23. The molecule has 1 heterocycles. The van der Waals surface area contributed by atoms with Crippen molar-refractivity contribution in [2.24, 2.45) is 11.7 Å². The van der Waals surface area contributed by atoms with Gasteiger partial charge in [0.25, 0.3) is 5.91 Å². The lowest BCUT2D eigenvalue weighted by atomic mass is 9.99. The van der Waals surface area contributed by atoms with Crippen molar-refractivity contribution in [2.45, 2.75) is 18.7 Å². The fourth-order valence-electron chi connectivity index (χ4n) is 1.22. The predicted molar refractivity (Wildman–Crippen MR) is 38.4 cm³/mol. The monoisotopic (exact) mass is 190 g/mol. The molecule has 1 aliphatic heterocycles. The molecule has 0 aromatic carbocycles. The summed E-state index contributed by atoms with van der Waals surface area (Å²) in [4.78, 5) is 21.4. The highest BCUT2D eigenvalue weighted by Gasteiger charge is 2.43. The Morgan fingerprint density at radius 2 is 2.23 bits per heavy atom. The molecule has 5 N–H and O–H groups in total. The van der Waals surface area contributed by atoms with Gasteiger partial charge in [-0.3, -0.25) is 14.8 Å². The zero-order valence-corrected chi connectivity index (χ0v) is 6.62. The van der Waals surface area contributed by atoms with Crippen LogP contribution in [0.15, 0.2) is 0 Å². The first kappa shape index (κ1) is 9.90. The van der Waals surface area contributed by atoms with Gasteiger partial charge in [0.2, 0.25) is 0 Å². The van der Waals surface area contributed by atoms with Crippen molar-refractivity contribution in [3.63, 3.8) is 0 Å². The molecule has 1 unspecified atom stereocenters. The summed E-state index contributed by atoms with van der Waals surface area (Å²) in [6, 6.07) is -1.39. The Hall–Kier alpha value is -1.18. The fourth-order valence-corrected chi connectivity index (χ4v) is 1.22. The molecule has 0 aromatic rings. The number of hydroxylamine groups is 2. The molecule has 0 spiro atoms. The van der Waals surface area contributed by atoms with Crippen molar-refractivity contribution in [1.29, 1.82) is 0 Å². The Balaban J connectivity index is 2.74. The van der Waals surface area contributed by atoms with Crippen LogP contribution >= 0.6 is 0 Å². The highest BCUT2D eigenvalue weighted by molar-refractivity contribution is 5.87. The third-order valence-electron chi connectivity index (χ3n) is 2.01. The smallest absolute Gasteiger partial charge is 0.321 e. The number of carboxylic acid groups (broad SMARTS) is 1. The molecule has 1 saturated heterocycles. The van der Waals surface area contributed by atoms with Crippen LogP contribution in [-0.2, 0) is 9.59 Å². The molecule has 1 amide bonds. The van der Waals surface area contributed by atoms with Gasteiger partial charge in [-0.1, -0.05) is 0 Å². The number of hydrogen-bond donors (Lipinski definition) is 4. The number of aliphatic carboxylic acids is 1. The normalized spacial score (nSPS) is 30.7. The van der Waals surface area contributed by atoms with Crippen LogP contribution in [-0.4, -0.2) is 44.6 Å². The zero-order valence-electron chi connectivity index (χ0n) is 6.62. The lowest BCUT2D eigenvalue weighted by Crippen LogP contribution is -2.42. The van der Waals surface area contributed by atoms with E-state index in [1.807, 2.05) is 0 Å². The number of nitrogens with two attached hydrogens (primary N) is 1. The molecular formula is C6H10N2O5. The number of aliphatic hydroxyl groups is 1. The number of aliphatic hydroxyl groups excluding tert-OH is 1. The number of carbonyl (C=O) groups is 2. The van der Waals surface area contributed by atoms with Gasteiger partial charge in [0.05, 0.1) is 5.92 Å². The quantitative estimate of drug-likeness (QED) is 0.372. The van der Waals surface area contributed by atoms with Gasteiger partial charge >= 0.3 is 5.97 Å². The third kappa shape index (κ3) is 1.62. The van der Waals surface area contributed by atoms with Crippen LogP contribution in [0, 0.1) is 5.92 Å². The summed E-state index contributed by atoms with van der Waals surface area (Å²) in [5, 5.41) is 26.4. The maximum atomic E-state index is 11.0. The molecule has 1 aliphatic rings. The van der Waals surface area contributed by atoms with Crippen LogP contribution < -0.4 is 5.73 Å². The van der Waals surface area contributed by atoms with Crippen molar-refractivity contribution >= 4 is 11.9 Å². The van der Waals surface area contributed by atoms with E-state index in [2.05, 4.69) is 0 Å². The van der Waals surface area contributed by atoms with Gasteiger partial charge < -0.3 is 15.9 Å².